The van der Waals surface area contributed by atoms with Gasteiger partial charge in [0.05, 0.1) is 0 Å². The number of halogens is 3. The summed E-state index contributed by atoms with van der Waals surface area (Å²) in [4.78, 5) is 0. The smallest absolute Gasteiger partial charge is 0.00760 e. The first-order chi connectivity index (χ1) is 13.5. The van der Waals surface area contributed by atoms with Gasteiger partial charge in [-0.3, -0.25) is 0 Å². The van der Waals surface area contributed by atoms with E-state index in [1.54, 1.807) is 0 Å². The minimum atomic E-state index is 0. The molecule has 1 aliphatic rings. The third kappa shape index (κ3) is 38.7. The van der Waals surface area contributed by atoms with E-state index in [4.69, 9.17) is 0 Å². The second-order valence-electron chi connectivity index (χ2n) is 5.40. The summed E-state index contributed by atoms with van der Waals surface area (Å²) in [6, 6.07) is 37.5. The summed E-state index contributed by atoms with van der Waals surface area (Å²) in [6.07, 6.45) is 0. The van der Waals surface area contributed by atoms with Crippen molar-refractivity contribution in [2.24, 2.45) is 0 Å². The molecule has 4 rings (SSSR count). The molecule has 1 fully saturated rings. The van der Waals surface area contributed by atoms with Gasteiger partial charge in [-0.25, -0.2) is 0 Å². The van der Waals surface area contributed by atoms with E-state index >= 15 is 0 Å². The van der Waals surface area contributed by atoms with Gasteiger partial charge in [-0.15, -0.1) is 50.3 Å². The molecular weight excluding hydrogens is 509 g/mol. The normalized spacial score (nSPS) is 10.9. The summed E-state index contributed by atoms with van der Waals surface area (Å²) in [5.74, 6) is 0. The van der Waals surface area contributed by atoms with Crippen molar-refractivity contribution in [2.75, 3.05) is 39.3 Å². The van der Waals surface area contributed by atoms with Gasteiger partial charge < -0.3 is 30.8 Å². The first-order valence-corrected chi connectivity index (χ1v) is 9.28. The van der Waals surface area contributed by atoms with Crippen LogP contribution in [0.15, 0.2) is 91.0 Å². The number of nitrogens with one attached hydrogen (secondary N) is 2. The zero-order chi connectivity index (χ0) is 19.1. The Balaban J connectivity index is -0.0000000703. The van der Waals surface area contributed by atoms with Crippen molar-refractivity contribution >= 4 is 37.2 Å². The standard InChI is InChI=1S/C6H14N3.3C6H5.2CH3.3ClH.Ti/c1-2-8-5-6-9-4-3-7-1;3*1-2-4-6-5-3-1;;;;;;/h7-8H,1-6H2;3*1-5H;2*1H3;3*1H;/q6*-1;;;;. The zero-order valence-electron chi connectivity index (χ0n) is 19.6. The van der Waals surface area contributed by atoms with Crippen molar-refractivity contribution < 1.29 is 21.7 Å². The average molecular weight is 547 g/mol. The van der Waals surface area contributed by atoms with Gasteiger partial charge >= 0.3 is 0 Å². The van der Waals surface area contributed by atoms with E-state index in [2.05, 4.69) is 34.1 Å². The van der Waals surface area contributed by atoms with E-state index < -0.39 is 0 Å². The molecule has 0 unspecified atom stereocenters. The Morgan fingerprint density at radius 1 is 0.455 bits per heavy atom. The molecule has 0 amide bonds. The van der Waals surface area contributed by atoms with Crippen LogP contribution in [-0.2, 0) is 21.7 Å². The maximum atomic E-state index is 4.27. The second kappa shape index (κ2) is 41.4. The van der Waals surface area contributed by atoms with Crippen LogP contribution in [0, 0.1) is 33.1 Å². The SMILES string of the molecule is C1CNCCNCC[N-]1.Cl.Cl.Cl.[CH3-].[CH3-].[Ti].[c-]1ccccc1.[c-]1ccccc1.[c-]1ccccc1. The van der Waals surface area contributed by atoms with Crippen molar-refractivity contribution in [1.29, 1.82) is 0 Å². The maximum absolute atomic E-state index is 4.27. The number of nitrogens with zero attached hydrogens (tertiary/aromatic N) is 1. The predicted molar refractivity (Wildman–Crippen MR) is 149 cm³/mol. The third-order valence-corrected chi connectivity index (χ3v) is 3.19. The Bertz CT molecular complexity index is 425. The summed E-state index contributed by atoms with van der Waals surface area (Å²) in [6.45, 7) is 6.19. The Kier molecular flexibility index (Phi) is 57.2. The van der Waals surface area contributed by atoms with Crippen LogP contribution in [0.25, 0.3) is 5.32 Å². The fraction of sp³-hybridized carbons (Fsp3) is 0.231. The van der Waals surface area contributed by atoms with Gasteiger partial charge in [0.2, 0.25) is 0 Å². The van der Waals surface area contributed by atoms with Gasteiger partial charge in [-0.1, -0.05) is 0 Å². The van der Waals surface area contributed by atoms with Gasteiger partial charge in [-0.2, -0.15) is 109 Å². The molecule has 0 radical (unpaired) electrons. The van der Waals surface area contributed by atoms with Crippen molar-refractivity contribution in [1.82, 2.24) is 10.6 Å². The molecule has 1 saturated heterocycles. The summed E-state index contributed by atoms with van der Waals surface area (Å²) in [7, 11) is 0. The second-order valence-corrected chi connectivity index (χ2v) is 5.40. The van der Waals surface area contributed by atoms with Gasteiger partial charge in [-0.05, 0) is 13.1 Å². The van der Waals surface area contributed by atoms with Gasteiger partial charge in [0, 0.05) is 34.8 Å². The Hall–Kier alpha value is -0.876. The first-order valence-electron chi connectivity index (χ1n) is 9.28. The van der Waals surface area contributed by atoms with Crippen molar-refractivity contribution in [2.45, 2.75) is 0 Å². The van der Waals surface area contributed by atoms with Crippen LogP contribution in [-0.4, -0.2) is 39.3 Å². The average Bonchev–Trinajstić information content (AvgIpc) is 2.95. The maximum Gasteiger partial charge on any atom is 0.00760 e. The van der Waals surface area contributed by atoms with Gasteiger partial charge in [0.15, 0.2) is 0 Å². The number of benzene rings is 3. The topological polar surface area (TPSA) is 38.2 Å². The fourth-order valence-corrected chi connectivity index (χ4v) is 1.88. The molecular formula is C26H38Cl3N3Ti-6. The van der Waals surface area contributed by atoms with E-state index in [0.29, 0.717) is 0 Å². The van der Waals surface area contributed by atoms with Crippen LogP contribution in [0.3, 0.4) is 0 Å². The van der Waals surface area contributed by atoms with Crippen molar-refractivity contribution in [3.05, 3.63) is 129 Å². The Morgan fingerprint density at radius 2 is 0.727 bits per heavy atom. The molecule has 7 heteroatoms. The summed E-state index contributed by atoms with van der Waals surface area (Å²) in [5.41, 5.74) is 0. The monoisotopic (exact) mass is 545 g/mol. The molecule has 0 aromatic heterocycles. The van der Waals surface area contributed by atoms with Crippen molar-refractivity contribution in [3.8, 4) is 0 Å². The minimum absolute atomic E-state index is 0. The molecule has 0 spiro atoms. The molecule has 0 aliphatic carbocycles. The quantitative estimate of drug-likeness (QED) is 0.261. The van der Waals surface area contributed by atoms with Gasteiger partial charge in [0.1, 0.15) is 0 Å². The summed E-state index contributed by atoms with van der Waals surface area (Å²) >= 11 is 0. The van der Waals surface area contributed by atoms with E-state index in [-0.39, 0.29) is 73.8 Å². The van der Waals surface area contributed by atoms with E-state index in [1.807, 2.05) is 91.0 Å². The molecule has 1 heterocycles. The van der Waals surface area contributed by atoms with Crippen LogP contribution in [0.5, 0.6) is 0 Å². The molecule has 2 N–H and O–H groups in total. The minimum Gasteiger partial charge on any atom is -0.660 e. The molecule has 0 saturated carbocycles. The molecule has 3 aromatic rings. The Morgan fingerprint density at radius 3 is 0.909 bits per heavy atom. The molecule has 1 aliphatic heterocycles. The molecule has 188 valence electrons. The van der Waals surface area contributed by atoms with Gasteiger partial charge in [0.25, 0.3) is 0 Å². The first kappa shape index (κ1) is 45.6. The van der Waals surface area contributed by atoms with Crippen LogP contribution >= 0.6 is 37.2 Å². The molecule has 33 heavy (non-hydrogen) atoms. The van der Waals surface area contributed by atoms with E-state index in [1.165, 1.54) is 0 Å². The summed E-state index contributed by atoms with van der Waals surface area (Å²) < 4.78 is 0. The van der Waals surface area contributed by atoms with Crippen LogP contribution < -0.4 is 10.6 Å². The molecule has 0 bridgehead atoms. The fourth-order valence-electron chi connectivity index (χ4n) is 1.88. The van der Waals surface area contributed by atoms with Crippen LogP contribution in [0.4, 0.5) is 0 Å². The van der Waals surface area contributed by atoms with Crippen molar-refractivity contribution in [3.63, 3.8) is 0 Å². The molecule has 0 atom stereocenters. The van der Waals surface area contributed by atoms with Crippen LogP contribution in [0.2, 0.25) is 0 Å². The Labute approximate surface area is 237 Å². The zero-order valence-corrected chi connectivity index (χ0v) is 23.6. The predicted octanol–water partition coefficient (Wildman–Crippen LogP) is 6.18. The van der Waals surface area contributed by atoms with E-state index in [9.17, 15) is 0 Å². The largest absolute Gasteiger partial charge is 0.660 e. The molecule has 3 aromatic carbocycles. The molecule has 3 nitrogen and oxygen atoms in total. The number of hydrogen-bond acceptors (Lipinski definition) is 2. The van der Waals surface area contributed by atoms with E-state index in [0.717, 1.165) is 39.3 Å². The van der Waals surface area contributed by atoms with Crippen LogP contribution in [0.1, 0.15) is 0 Å². The number of rotatable bonds is 0. The summed E-state index contributed by atoms with van der Waals surface area (Å²) in [5, 5.41) is 10.8. The number of hydrogen-bond donors (Lipinski definition) is 2. The third-order valence-electron chi connectivity index (χ3n) is 3.19.